The van der Waals surface area contributed by atoms with Gasteiger partial charge in [0.1, 0.15) is 0 Å². The van der Waals surface area contributed by atoms with Crippen molar-refractivity contribution < 1.29 is 9.59 Å². The van der Waals surface area contributed by atoms with Crippen LogP contribution in [0, 0.1) is 0 Å². The summed E-state index contributed by atoms with van der Waals surface area (Å²) >= 11 is 12.1. The highest BCUT2D eigenvalue weighted by molar-refractivity contribution is 6.42. The quantitative estimate of drug-likeness (QED) is 0.479. The Labute approximate surface area is 225 Å². The second-order valence-electron chi connectivity index (χ2n) is 9.18. The van der Waals surface area contributed by atoms with E-state index < -0.39 is 0 Å². The van der Waals surface area contributed by atoms with Crippen molar-refractivity contribution in [2.75, 3.05) is 18.9 Å². The predicted molar refractivity (Wildman–Crippen MR) is 146 cm³/mol. The Bertz CT molecular complexity index is 1430. The van der Waals surface area contributed by atoms with Gasteiger partial charge < -0.3 is 15.5 Å². The fraction of sp³-hybridized carbons (Fsp3) is 0.333. The van der Waals surface area contributed by atoms with Crippen LogP contribution in [0.2, 0.25) is 10.0 Å². The van der Waals surface area contributed by atoms with Crippen molar-refractivity contribution in [3.8, 4) is 5.69 Å². The molecule has 4 rings (SSSR count). The topological polar surface area (TPSA) is 96.3 Å². The summed E-state index contributed by atoms with van der Waals surface area (Å²) in [6.07, 6.45) is 0.991. The van der Waals surface area contributed by atoms with Crippen LogP contribution in [0.15, 0.2) is 41.2 Å². The maximum absolute atomic E-state index is 13.9. The molecule has 0 atom stereocenters. The lowest BCUT2D eigenvalue weighted by Gasteiger charge is -2.29. The molecule has 0 spiro atoms. The molecule has 0 radical (unpaired) electrons. The van der Waals surface area contributed by atoms with E-state index in [1.165, 1.54) is 0 Å². The van der Waals surface area contributed by atoms with Gasteiger partial charge in [-0.25, -0.2) is 9.55 Å². The SMILES string of the molecule is CCc1cc(C(=O)NC)ccc1-n1c(NC(C)C)nc2c(c1=O)CCN(C(=O)c1ccc(Cl)c(Cl)c1)C2. The molecule has 0 unspecified atom stereocenters. The van der Waals surface area contributed by atoms with E-state index in [0.717, 1.165) is 5.56 Å². The van der Waals surface area contributed by atoms with E-state index in [2.05, 4.69) is 10.6 Å². The van der Waals surface area contributed by atoms with Gasteiger partial charge in [-0.1, -0.05) is 30.1 Å². The van der Waals surface area contributed by atoms with Crippen LogP contribution in [0.1, 0.15) is 58.3 Å². The molecule has 0 fully saturated rings. The first-order valence-corrected chi connectivity index (χ1v) is 12.9. The zero-order valence-electron chi connectivity index (χ0n) is 21.2. The Kier molecular flexibility index (Phi) is 7.90. The van der Waals surface area contributed by atoms with Gasteiger partial charge in [0.25, 0.3) is 17.4 Å². The number of hydrogen-bond donors (Lipinski definition) is 2. The normalized spacial score (nSPS) is 12.9. The molecule has 2 N–H and O–H groups in total. The lowest BCUT2D eigenvalue weighted by Crippen LogP contribution is -2.41. The number of carbonyl (C=O) groups excluding carboxylic acids is 2. The van der Waals surface area contributed by atoms with E-state index in [-0.39, 0.29) is 30.0 Å². The second-order valence-corrected chi connectivity index (χ2v) is 10.00. The summed E-state index contributed by atoms with van der Waals surface area (Å²) in [7, 11) is 1.58. The number of benzene rings is 2. The Morgan fingerprint density at radius 3 is 2.46 bits per heavy atom. The maximum atomic E-state index is 13.9. The maximum Gasteiger partial charge on any atom is 0.263 e. The third-order valence-corrected chi connectivity index (χ3v) is 7.04. The minimum absolute atomic E-state index is 0.00366. The molecule has 194 valence electrons. The molecule has 3 aromatic rings. The van der Waals surface area contributed by atoms with Crippen LogP contribution >= 0.6 is 23.2 Å². The average Bonchev–Trinajstić information content (AvgIpc) is 2.88. The zero-order chi connectivity index (χ0) is 26.9. The minimum atomic E-state index is -0.202. The van der Waals surface area contributed by atoms with Gasteiger partial charge in [-0.2, -0.15) is 0 Å². The van der Waals surface area contributed by atoms with Crippen LogP contribution in [-0.4, -0.2) is 45.9 Å². The van der Waals surface area contributed by atoms with E-state index in [1.807, 2.05) is 20.8 Å². The largest absolute Gasteiger partial charge is 0.355 e. The smallest absolute Gasteiger partial charge is 0.263 e. The number of amides is 2. The van der Waals surface area contributed by atoms with Crippen molar-refractivity contribution in [3.63, 3.8) is 0 Å². The van der Waals surface area contributed by atoms with Gasteiger partial charge in [-0.15, -0.1) is 0 Å². The third kappa shape index (κ3) is 5.36. The molecule has 8 nitrogen and oxygen atoms in total. The van der Waals surface area contributed by atoms with Crippen LogP contribution in [0.25, 0.3) is 5.69 Å². The van der Waals surface area contributed by atoms with Crippen molar-refractivity contribution in [1.29, 1.82) is 0 Å². The van der Waals surface area contributed by atoms with Gasteiger partial charge >= 0.3 is 0 Å². The molecular weight excluding hydrogens is 513 g/mol. The number of hydrogen-bond acceptors (Lipinski definition) is 5. The van der Waals surface area contributed by atoms with Crippen molar-refractivity contribution in [1.82, 2.24) is 19.8 Å². The molecule has 1 aromatic heterocycles. The molecule has 1 aliphatic heterocycles. The molecule has 37 heavy (non-hydrogen) atoms. The molecule has 1 aliphatic rings. The summed E-state index contributed by atoms with van der Waals surface area (Å²) in [5, 5.41) is 6.61. The lowest BCUT2D eigenvalue weighted by molar-refractivity contribution is 0.0731. The highest BCUT2D eigenvalue weighted by Crippen LogP contribution is 2.26. The van der Waals surface area contributed by atoms with Gasteiger partial charge in [0, 0.05) is 36.3 Å². The van der Waals surface area contributed by atoms with Crippen molar-refractivity contribution >= 4 is 41.0 Å². The average molecular weight is 542 g/mol. The number of fused-ring (bicyclic) bond motifs is 1. The van der Waals surface area contributed by atoms with Gasteiger partial charge in [-0.3, -0.25) is 14.4 Å². The fourth-order valence-corrected chi connectivity index (χ4v) is 4.72. The Hall–Kier alpha value is -3.36. The van der Waals surface area contributed by atoms with Gasteiger partial charge in [0.2, 0.25) is 5.95 Å². The molecule has 2 amide bonds. The first kappa shape index (κ1) is 26.7. The first-order chi connectivity index (χ1) is 17.6. The summed E-state index contributed by atoms with van der Waals surface area (Å²) in [5.74, 6) is 0.000951. The molecule has 2 aromatic carbocycles. The summed E-state index contributed by atoms with van der Waals surface area (Å²) in [4.78, 5) is 45.7. The number of anilines is 1. The molecule has 0 saturated carbocycles. The minimum Gasteiger partial charge on any atom is -0.355 e. The first-order valence-electron chi connectivity index (χ1n) is 12.2. The standard InChI is InChI=1S/C27H29Cl2N5O3/c1-5-16-12-17(24(35)30-4)7-9-23(16)34-26(37)19-10-11-33(14-22(19)32-27(34)31-15(2)3)25(36)18-6-8-20(28)21(29)13-18/h6-9,12-13,15H,5,10-11,14H2,1-4H3,(H,30,35)(H,31,32). The molecule has 2 heterocycles. The van der Waals surface area contributed by atoms with Crippen molar-refractivity contribution in [3.05, 3.63) is 84.7 Å². The van der Waals surface area contributed by atoms with E-state index in [1.54, 1.807) is 52.9 Å². The Morgan fingerprint density at radius 2 is 1.81 bits per heavy atom. The highest BCUT2D eigenvalue weighted by atomic mass is 35.5. The van der Waals surface area contributed by atoms with Crippen LogP contribution in [0.3, 0.4) is 0 Å². The zero-order valence-corrected chi connectivity index (χ0v) is 22.7. The summed E-state index contributed by atoms with van der Waals surface area (Å²) in [6, 6.07) is 10.1. The van der Waals surface area contributed by atoms with Crippen LogP contribution < -0.4 is 16.2 Å². The predicted octanol–water partition coefficient (Wildman–Crippen LogP) is 4.48. The van der Waals surface area contributed by atoms with Crippen molar-refractivity contribution in [2.24, 2.45) is 0 Å². The molecule has 0 bridgehead atoms. The van der Waals surface area contributed by atoms with Gasteiger partial charge in [0.15, 0.2) is 0 Å². The summed E-state index contributed by atoms with van der Waals surface area (Å²) < 4.78 is 1.59. The number of nitrogens with zero attached hydrogens (tertiary/aromatic N) is 3. The number of rotatable bonds is 6. The molecule has 10 heteroatoms. The monoisotopic (exact) mass is 541 g/mol. The molecule has 0 aliphatic carbocycles. The van der Waals surface area contributed by atoms with E-state index >= 15 is 0 Å². The molecular formula is C27H29Cl2N5O3. The number of nitrogens with one attached hydrogen (secondary N) is 2. The summed E-state index contributed by atoms with van der Waals surface area (Å²) in [6.45, 7) is 6.48. The van der Waals surface area contributed by atoms with E-state index in [4.69, 9.17) is 28.2 Å². The van der Waals surface area contributed by atoms with E-state index in [9.17, 15) is 14.4 Å². The number of aromatic nitrogens is 2. The number of carbonyl (C=O) groups is 2. The van der Waals surface area contributed by atoms with Gasteiger partial charge in [0.05, 0.1) is 28.0 Å². The number of aryl methyl sites for hydroxylation is 1. The third-order valence-electron chi connectivity index (χ3n) is 6.30. The van der Waals surface area contributed by atoms with Crippen molar-refractivity contribution in [2.45, 2.75) is 46.2 Å². The highest BCUT2D eigenvalue weighted by Gasteiger charge is 2.28. The van der Waals surface area contributed by atoms with Crippen LogP contribution in [0.4, 0.5) is 5.95 Å². The second kappa shape index (κ2) is 10.9. The fourth-order valence-electron chi connectivity index (χ4n) is 4.42. The van der Waals surface area contributed by atoms with Crippen LogP contribution in [0.5, 0.6) is 0 Å². The Morgan fingerprint density at radius 1 is 1.08 bits per heavy atom. The number of halogens is 2. The van der Waals surface area contributed by atoms with Crippen LogP contribution in [-0.2, 0) is 19.4 Å². The lowest BCUT2D eigenvalue weighted by atomic mass is 10.0. The Balaban J connectivity index is 1.77. The van der Waals surface area contributed by atoms with Gasteiger partial charge in [-0.05, 0) is 68.7 Å². The van der Waals surface area contributed by atoms with E-state index in [0.29, 0.717) is 63.5 Å². The summed E-state index contributed by atoms with van der Waals surface area (Å²) in [5.41, 5.74) is 3.43. The molecule has 0 saturated heterocycles.